The van der Waals surface area contributed by atoms with Crippen molar-refractivity contribution in [2.24, 2.45) is 7.05 Å². The summed E-state index contributed by atoms with van der Waals surface area (Å²) in [6, 6.07) is 9.24. The number of hydrogen-bond acceptors (Lipinski definition) is 6. The maximum atomic E-state index is 15.2. The number of aromatic hydroxyl groups is 1. The Morgan fingerprint density at radius 2 is 2.06 bits per heavy atom. The van der Waals surface area contributed by atoms with E-state index in [4.69, 9.17) is 0 Å². The molecule has 7 nitrogen and oxygen atoms in total. The van der Waals surface area contributed by atoms with Gasteiger partial charge in [0.25, 0.3) is 0 Å². The van der Waals surface area contributed by atoms with E-state index in [0.29, 0.717) is 23.1 Å². The maximum Gasteiger partial charge on any atom is 0.151 e. The van der Waals surface area contributed by atoms with Gasteiger partial charge < -0.3 is 15.3 Å². The van der Waals surface area contributed by atoms with E-state index >= 15 is 4.39 Å². The third-order valence-electron chi connectivity index (χ3n) is 6.84. The molecule has 8 heteroatoms. The van der Waals surface area contributed by atoms with Crippen molar-refractivity contribution in [2.45, 2.75) is 50.0 Å². The molecule has 2 saturated heterocycles. The average molecular weight is 423 g/mol. The van der Waals surface area contributed by atoms with E-state index in [0.717, 1.165) is 30.4 Å². The summed E-state index contributed by atoms with van der Waals surface area (Å²) in [6.07, 6.45) is 5.31. The highest BCUT2D eigenvalue weighted by atomic mass is 19.1. The van der Waals surface area contributed by atoms with Crippen LogP contribution in [0.2, 0.25) is 0 Å². The lowest BCUT2D eigenvalue weighted by atomic mass is 9.86. The number of fused-ring (bicyclic) bond motifs is 2. The predicted octanol–water partition coefficient (Wildman–Crippen LogP) is 3.31. The minimum atomic E-state index is -0.971. The normalized spacial score (nSPS) is 27.4. The highest BCUT2D eigenvalue weighted by Crippen LogP contribution is 2.40. The molecule has 4 heterocycles. The number of phenolic OH excluding ortho intramolecular Hbond substituents is 1. The van der Waals surface area contributed by atoms with Crippen LogP contribution in [0, 0.1) is 0 Å². The molecule has 2 N–H and O–H groups in total. The SMILES string of the molecule is CN(c1ccc(-c2ccc(-c3cnn(C)c3)cc2O)nn1)[C@H]1CC2CC[C@@](C)(N2)[C@H]1F. The van der Waals surface area contributed by atoms with Crippen LogP contribution in [-0.4, -0.2) is 55.9 Å². The van der Waals surface area contributed by atoms with Crippen LogP contribution in [0.4, 0.5) is 10.2 Å². The van der Waals surface area contributed by atoms with Crippen LogP contribution in [0.1, 0.15) is 26.2 Å². The number of halogens is 1. The highest BCUT2D eigenvalue weighted by Gasteiger charge is 2.51. The van der Waals surface area contributed by atoms with E-state index < -0.39 is 11.7 Å². The molecular formula is C23H27FN6O. The van der Waals surface area contributed by atoms with Gasteiger partial charge in [-0.15, -0.1) is 10.2 Å². The number of nitrogens with zero attached hydrogens (tertiary/aromatic N) is 5. The number of anilines is 1. The Kier molecular flexibility index (Phi) is 4.69. The van der Waals surface area contributed by atoms with Crippen LogP contribution in [0.25, 0.3) is 22.4 Å². The standard InChI is InChI=1S/C23H27FN6O/c1-23-9-8-16(26-23)11-19(22(23)24)30(3)21-7-6-18(27-28-21)17-5-4-14(10-20(17)31)15-12-25-29(2)13-15/h4-7,10,12-13,16,19,22,26,31H,8-9,11H2,1-3H3/t16?,19-,22-,23+/m0/s1. The first-order valence-corrected chi connectivity index (χ1v) is 10.6. The molecule has 31 heavy (non-hydrogen) atoms. The molecule has 0 radical (unpaired) electrons. The Bertz CT molecular complexity index is 1100. The Morgan fingerprint density at radius 3 is 2.74 bits per heavy atom. The number of benzene rings is 1. The number of alkyl halides is 1. The molecule has 0 amide bonds. The summed E-state index contributed by atoms with van der Waals surface area (Å²) in [7, 11) is 3.74. The first-order chi connectivity index (χ1) is 14.8. The number of aryl methyl sites for hydroxylation is 1. The van der Waals surface area contributed by atoms with E-state index in [9.17, 15) is 5.11 Å². The van der Waals surface area contributed by atoms with Crippen molar-refractivity contribution in [2.75, 3.05) is 11.9 Å². The summed E-state index contributed by atoms with van der Waals surface area (Å²) in [5, 5.41) is 26.8. The van der Waals surface area contributed by atoms with Crippen LogP contribution in [-0.2, 0) is 7.05 Å². The highest BCUT2D eigenvalue weighted by molar-refractivity contribution is 5.74. The van der Waals surface area contributed by atoms with E-state index in [1.54, 1.807) is 16.9 Å². The van der Waals surface area contributed by atoms with Gasteiger partial charge in [-0.05, 0) is 56.0 Å². The van der Waals surface area contributed by atoms with Gasteiger partial charge in [-0.1, -0.05) is 6.07 Å². The second kappa shape index (κ2) is 7.30. The van der Waals surface area contributed by atoms with E-state index in [1.807, 2.05) is 56.4 Å². The molecule has 2 fully saturated rings. The molecule has 1 aromatic carbocycles. The number of phenols is 1. The van der Waals surface area contributed by atoms with Crippen molar-refractivity contribution in [3.05, 3.63) is 42.7 Å². The number of rotatable bonds is 4. The fourth-order valence-electron chi connectivity index (χ4n) is 4.99. The molecule has 2 aromatic heterocycles. The van der Waals surface area contributed by atoms with Gasteiger partial charge in [0.1, 0.15) is 11.9 Å². The Balaban J connectivity index is 1.36. The van der Waals surface area contributed by atoms with Gasteiger partial charge in [0.15, 0.2) is 5.82 Å². The third kappa shape index (κ3) is 3.44. The summed E-state index contributed by atoms with van der Waals surface area (Å²) < 4.78 is 17.0. The summed E-state index contributed by atoms with van der Waals surface area (Å²) in [5.41, 5.74) is 2.52. The van der Waals surface area contributed by atoms with Crippen molar-refractivity contribution in [3.63, 3.8) is 0 Å². The second-order valence-electron chi connectivity index (χ2n) is 9.02. The van der Waals surface area contributed by atoms with Crippen molar-refractivity contribution >= 4 is 5.82 Å². The molecule has 5 rings (SSSR count). The first kappa shape index (κ1) is 19.9. The average Bonchev–Trinajstić information content (AvgIpc) is 3.34. The van der Waals surface area contributed by atoms with E-state index in [1.165, 1.54) is 0 Å². The number of aromatic nitrogens is 4. The topological polar surface area (TPSA) is 79.1 Å². The summed E-state index contributed by atoms with van der Waals surface area (Å²) >= 11 is 0. The van der Waals surface area contributed by atoms with Crippen LogP contribution in [0.5, 0.6) is 5.75 Å². The monoisotopic (exact) mass is 422 g/mol. The van der Waals surface area contributed by atoms with Crippen molar-refractivity contribution in [1.29, 1.82) is 0 Å². The molecule has 0 spiro atoms. The van der Waals surface area contributed by atoms with Crippen LogP contribution < -0.4 is 10.2 Å². The maximum absolute atomic E-state index is 15.2. The lowest BCUT2D eigenvalue weighted by molar-refractivity contribution is 0.111. The largest absolute Gasteiger partial charge is 0.507 e. The minimum Gasteiger partial charge on any atom is -0.507 e. The Morgan fingerprint density at radius 1 is 1.23 bits per heavy atom. The number of hydrogen-bond donors (Lipinski definition) is 2. The van der Waals surface area contributed by atoms with Gasteiger partial charge in [0.05, 0.1) is 17.9 Å². The second-order valence-corrected chi connectivity index (χ2v) is 9.02. The van der Waals surface area contributed by atoms with Gasteiger partial charge in [0.2, 0.25) is 0 Å². The lowest BCUT2D eigenvalue weighted by Crippen LogP contribution is -2.62. The molecule has 2 bridgehead atoms. The zero-order valence-corrected chi connectivity index (χ0v) is 18.0. The van der Waals surface area contributed by atoms with Gasteiger partial charge in [-0.3, -0.25) is 4.68 Å². The number of nitrogens with one attached hydrogen (secondary N) is 1. The summed E-state index contributed by atoms with van der Waals surface area (Å²) in [6.45, 7) is 1.98. The van der Waals surface area contributed by atoms with Gasteiger partial charge >= 0.3 is 0 Å². The predicted molar refractivity (Wildman–Crippen MR) is 118 cm³/mol. The van der Waals surface area contributed by atoms with E-state index in [2.05, 4.69) is 20.6 Å². The molecule has 0 aliphatic carbocycles. The molecule has 0 saturated carbocycles. The zero-order chi connectivity index (χ0) is 21.8. The molecule has 4 atom stereocenters. The van der Waals surface area contributed by atoms with E-state index in [-0.39, 0.29) is 11.8 Å². The lowest BCUT2D eigenvalue weighted by Gasteiger charge is -2.44. The summed E-state index contributed by atoms with van der Waals surface area (Å²) in [5.74, 6) is 0.760. The van der Waals surface area contributed by atoms with Crippen LogP contribution in [0.3, 0.4) is 0 Å². The fourth-order valence-corrected chi connectivity index (χ4v) is 4.99. The van der Waals surface area contributed by atoms with Crippen molar-refractivity contribution < 1.29 is 9.50 Å². The zero-order valence-electron chi connectivity index (χ0n) is 18.0. The molecule has 1 unspecified atom stereocenters. The minimum absolute atomic E-state index is 0.128. The number of piperidine rings is 1. The van der Waals surface area contributed by atoms with Crippen LogP contribution >= 0.6 is 0 Å². The van der Waals surface area contributed by atoms with Crippen molar-refractivity contribution in [1.82, 2.24) is 25.3 Å². The molecule has 162 valence electrons. The van der Waals surface area contributed by atoms with Crippen LogP contribution in [0.15, 0.2) is 42.7 Å². The summed E-state index contributed by atoms with van der Waals surface area (Å²) in [4.78, 5) is 1.91. The van der Waals surface area contributed by atoms with Gasteiger partial charge in [-0.25, -0.2) is 4.39 Å². The molecular weight excluding hydrogens is 395 g/mol. The van der Waals surface area contributed by atoms with Gasteiger partial charge in [0, 0.05) is 43.0 Å². The van der Waals surface area contributed by atoms with Gasteiger partial charge in [-0.2, -0.15) is 5.10 Å². The fraction of sp³-hybridized carbons (Fsp3) is 0.435. The molecule has 2 aliphatic heterocycles. The molecule has 2 aliphatic rings. The smallest absolute Gasteiger partial charge is 0.151 e. The first-order valence-electron chi connectivity index (χ1n) is 10.6. The third-order valence-corrected chi connectivity index (χ3v) is 6.84. The Labute approximate surface area is 180 Å². The van der Waals surface area contributed by atoms with Crippen molar-refractivity contribution in [3.8, 4) is 28.1 Å². The Hall–Kier alpha value is -3.00. The quantitative estimate of drug-likeness (QED) is 0.672. The molecule has 3 aromatic rings.